The van der Waals surface area contributed by atoms with Crippen molar-refractivity contribution in [1.82, 2.24) is 9.88 Å². The smallest absolute Gasteiger partial charge is 0.233 e. The zero-order valence-electron chi connectivity index (χ0n) is 15.4. The molecule has 1 fully saturated rings. The second kappa shape index (κ2) is 7.89. The lowest BCUT2D eigenvalue weighted by Crippen LogP contribution is -2.33. The molecule has 4 nitrogen and oxygen atoms in total. The number of aromatic nitrogens is 1. The van der Waals surface area contributed by atoms with Gasteiger partial charge in [0.15, 0.2) is 5.13 Å². The van der Waals surface area contributed by atoms with Crippen molar-refractivity contribution in [2.24, 2.45) is 5.92 Å². The number of anilines is 1. The summed E-state index contributed by atoms with van der Waals surface area (Å²) in [6.45, 7) is 5.52. The Bertz CT molecular complexity index is 772. The van der Waals surface area contributed by atoms with Gasteiger partial charge >= 0.3 is 0 Å². The van der Waals surface area contributed by atoms with Gasteiger partial charge in [-0.3, -0.25) is 9.69 Å². The predicted octanol–water partition coefficient (Wildman–Crippen LogP) is 4.43. The monoisotopic (exact) mass is 369 g/mol. The Morgan fingerprint density at radius 3 is 3.08 bits per heavy atom. The van der Waals surface area contributed by atoms with Crippen LogP contribution in [0.2, 0.25) is 0 Å². The lowest BCUT2D eigenvalue weighted by Gasteiger charge is -2.30. The molecule has 1 aromatic heterocycles. The van der Waals surface area contributed by atoms with Crippen LogP contribution in [0.15, 0.2) is 29.6 Å². The van der Waals surface area contributed by atoms with E-state index in [-0.39, 0.29) is 11.8 Å². The molecule has 1 saturated heterocycles. The highest BCUT2D eigenvalue weighted by molar-refractivity contribution is 7.13. The minimum absolute atomic E-state index is 0.0461. The van der Waals surface area contributed by atoms with Crippen molar-refractivity contribution in [2.45, 2.75) is 51.5 Å². The molecule has 26 heavy (non-hydrogen) atoms. The van der Waals surface area contributed by atoms with Gasteiger partial charge < -0.3 is 5.32 Å². The Balaban J connectivity index is 1.39. The summed E-state index contributed by atoms with van der Waals surface area (Å²) in [6.07, 6.45) is 5.68. The van der Waals surface area contributed by atoms with E-state index in [2.05, 4.69) is 45.7 Å². The first-order chi connectivity index (χ1) is 12.7. The van der Waals surface area contributed by atoms with Crippen LogP contribution >= 0.6 is 11.3 Å². The first-order valence-corrected chi connectivity index (χ1v) is 10.6. The van der Waals surface area contributed by atoms with Crippen LogP contribution in [-0.4, -0.2) is 28.9 Å². The average Bonchev–Trinajstić information content (AvgIpc) is 3.08. The van der Waals surface area contributed by atoms with E-state index >= 15 is 0 Å². The number of nitrogens with one attached hydrogen (secondary N) is 1. The molecule has 0 spiro atoms. The molecule has 1 aliphatic carbocycles. The highest BCUT2D eigenvalue weighted by Gasteiger charge is 2.27. The zero-order valence-corrected chi connectivity index (χ0v) is 16.2. The fourth-order valence-electron chi connectivity index (χ4n) is 4.32. The number of nitrogens with zero attached hydrogens (tertiary/aromatic N) is 2. The van der Waals surface area contributed by atoms with Crippen LogP contribution in [0.3, 0.4) is 0 Å². The first-order valence-electron chi connectivity index (χ1n) is 9.74. The van der Waals surface area contributed by atoms with Crippen molar-refractivity contribution in [3.05, 3.63) is 46.5 Å². The van der Waals surface area contributed by atoms with E-state index in [9.17, 15) is 4.79 Å². The summed E-state index contributed by atoms with van der Waals surface area (Å²) in [5.74, 6) is 0.813. The van der Waals surface area contributed by atoms with Gasteiger partial charge in [0.05, 0.1) is 11.6 Å². The number of fused-ring (bicyclic) bond motifs is 1. The van der Waals surface area contributed by atoms with E-state index in [1.165, 1.54) is 24.0 Å². The molecule has 0 saturated carbocycles. The highest BCUT2D eigenvalue weighted by Crippen LogP contribution is 2.32. The van der Waals surface area contributed by atoms with Crippen molar-refractivity contribution < 1.29 is 4.79 Å². The summed E-state index contributed by atoms with van der Waals surface area (Å²) in [5, 5.41) is 5.89. The third-order valence-electron chi connectivity index (χ3n) is 5.59. The van der Waals surface area contributed by atoms with Gasteiger partial charge in [0.1, 0.15) is 0 Å². The lowest BCUT2D eigenvalue weighted by atomic mass is 9.82. The molecule has 5 heteroatoms. The minimum Gasteiger partial charge on any atom is -0.301 e. The number of piperidine rings is 1. The SMILES string of the molecule is CC1CCCN(Cc2csc(NC(=O)C3CCCc4ccccc43)n2)C1. The quantitative estimate of drug-likeness (QED) is 0.867. The summed E-state index contributed by atoms with van der Waals surface area (Å²) >= 11 is 1.54. The molecule has 1 N–H and O–H groups in total. The Hall–Kier alpha value is -1.72. The molecule has 4 rings (SSSR count). The number of hydrogen-bond donors (Lipinski definition) is 1. The number of carbonyl (C=O) groups excluding carboxylic acids is 1. The molecule has 2 unspecified atom stereocenters. The highest BCUT2D eigenvalue weighted by atomic mass is 32.1. The number of thiazole rings is 1. The van der Waals surface area contributed by atoms with Gasteiger partial charge in [0.2, 0.25) is 5.91 Å². The third-order valence-corrected chi connectivity index (χ3v) is 6.40. The van der Waals surface area contributed by atoms with Crippen LogP contribution in [0.4, 0.5) is 5.13 Å². The van der Waals surface area contributed by atoms with E-state index in [0.29, 0.717) is 0 Å². The Morgan fingerprint density at radius 2 is 2.19 bits per heavy atom. The van der Waals surface area contributed by atoms with Gasteiger partial charge in [-0.15, -0.1) is 11.3 Å². The van der Waals surface area contributed by atoms with Gasteiger partial charge in [-0.05, 0) is 55.7 Å². The molecule has 2 atom stereocenters. The molecule has 138 valence electrons. The summed E-state index contributed by atoms with van der Waals surface area (Å²) in [4.78, 5) is 20.0. The van der Waals surface area contributed by atoms with E-state index < -0.39 is 0 Å². The second-order valence-electron chi connectivity index (χ2n) is 7.76. The van der Waals surface area contributed by atoms with Crippen molar-refractivity contribution in [3.8, 4) is 0 Å². The van der Waals surface area contributed by atoms with E-state index in [4.69, 9.17) is 0 Å². The maximum atomic E-state index is 12.8. The standard InChI is InChI=1S/C21H27N3OS/c1-15-6-5-11-24(12-15)13-17-14-26-21(22-17)23-20(25)19-10-4-8-16-7-2-3-9-18(16)19/h2-3,7,9,14-15,19H,4-6,8,10-13H2,1H3,(H,22,23,25). The average molecular weight is 370 g/mol. The molecule has 1 aliphatic heterocycles. The molecular formula is C21H27N3OS. The maximum absolute atomic E-state index is 12.8. The van der Waals surface area contributed by atoms with E-state index in [0.717, 1.165) is 55.6 Å². The third kappa shape index (κ3) is 3.99. The molecule has 2 heterocycles. The minimum atomic E-state index is -0.0461. The topological polar surface area (TPSA) is 45.2 Å². The van der Waals surface area contributed by atoms with Crippen LogP contribution in [0.5, 0.6) is 0 Å². The number of amides is 1. The van der Waals surface area contributed by atoms with Crippen molar-refractivity contribution in [2.75, 3.05) is 18.4 Å². The predicted molar refractivity (Wildman–Crippen MR) is 107 cm³/mol. The van der Waals surface area contributed by atoms with Crippen molar-refractivity contribution in [3.63, 3.8) is 0 Å². The van der Waals surface area contributed by atoms with Crippen molar-refractivity contribution >= 4 is 22.4 Å². The number of carbonyl (C=O) groups is 1. The Labute approximate surface area is 159 Å². The fourth-order valence-corrected chi connectivity index (χ4v) is 5.02. The van der Waals surface area contributed by atoms with Gasteiger partial charge in [-0.25, -0.2) is 4.98 Å². The van der Waals surface area contributed by atoms with Gasteiger partial charge in [0.25, 0.3) is 0 Å². The molecular weight excluding hydrogens is 342 g/mol. The largest absolute Gasteiger partial charge is 0.301 e. The molecule has 0 bridgehead atoms. The van der Waals surface area contributed by atoms with Crippen LogP contribution in [0.1, 0.15) is 55.3 Å². The van der Waals surface area contributed by atoms with Crippen LogP contribution in [-0.2, 0) is 17.8 Å². The van der Waals surface area contributed by atoms with Gasteiger partial charge in [-0.1, -0.05) is 31.2 Å². The second-order valence-corrected chi connectivity index (χ2v) is 8.62. The Kier molecular flexibility index (Phi) is 5.36. The zero-order chi connectivity index (χ0) is 17.9. The summed E-state index contributed by atoms with van der Waals surface area (Å²) in [6, 6.07) is 8.35. The van der Waals surface area contributed by atoms with Crippen LogP contribution in [0, 0.1) is 5.92 Å². The molecule has 2 aliphatic rings. The molecule has 2 aromatic rings. The number of likely N-dealkylation sites (tertiary alicyclic amines) is 1. The first kappa shape index (κ1) is 17.7. The molecule has 1 aromatic carbocycles. The van der Waals surface area contributed by atoms with Crippen LogP contribution < -0.4 is 5.32 Å². The summed E-state index contributed by atoms with van der Waals surface area (Å²) in [7, 11) is 0. The Morgan fingerprint density at radius 1 is 1.31 bits per heavy atom. The lowest BCUT2D eigenvalue weighted by molar-refractivity contribution is -0.117. The normalized spacial score (nSPS) is 23.4. The van der Waals surface area contributed by atoms with Crippen LogP contribution in [0.25, 0.3) is 0 Å². The van der Waals surface area contributed by atoms with E-state index in [1.54, 1.807) is 11.3 Å². The number of aryl methyl sites for hydroxylation is 1. The summed E-state index contributed by atoms with van der Waals surface area (Å²) in [5.41, 5.74) is 3.58. The van der Waals surface area contributed by atoms with Gasteiger partial charge in [0, 0.05) is 18.5 Å². The number of rotatable bonds is 4. The maximum Gasteiger partial charge on any atom is 0.233 e. The van der Waals surface area contributed by atoms with Crippen molar-refractivity contribution in [1.29, 1.82) is 0 Å². The summed E-state index contributed by atoms with van der Waals surface area (Å²) < 4.78 is 0. The van der Waals surface area contributed by atoms with Gasteiger partial charge in [-0.2, -0.15) is 0 Å². The fraction of sp³-hybridized carbons (Fsp3) is 0.524. The van der Waals surface area contributed by atoms with E-state index in [1.807, 2.05) is 6.07 Å². The molecule has 0 radical (unpaired) electrons. The number of benzene rings is 1. The molecule has 1 amide bonds. The number of hydrogen-bond acceptors (Lipinski definition) is 4.